The highest BCUT2D eigenvalue weighted by molar-refractivity contribution is 6.18. The fraction of sp³-hybridized carbons (Fsp3) is 0.714. The summed E-state index contributed by atoms with van der Waals surface area (Å²) in [5.41, 5.74) is 0.885. The summed E-state index contributed by atoms with van der Waals surface area (Å²) in [7, 11) is 1.62. The SMILES string of the molecule is COc1ncnc(NC2(CCl)CCCC(C)C2)c1C. The van der Waals surface area contributed by atoms with Gasteiger partial charge in [-0.25, -0.2) is 9.97 Å². The van der Waals surface area contributed by atoms with Gasteiger partial charge in [0.1, 0.15) is 12.1 Å². The van der Waals surface area contributed by atoms with E-state index in [-0.39, 0.29) is 5.54 Å². The quantitative estimate of drug-likeness (QED) is 0.861. The number of nitrogens with zero attached hydrogens (tertiary/aromatic N) is 2. The molecule has 0 aliphatic heterocycles. The van der Waals surface area contributed by atoms with Crippen LogP contribution < -0.4 is 10.1 Å². The summed E-state index contributed by atoms with van der Waals surface area (Å²) in [6.07, 6.45) is 6.20. The predicted molar refractivity (Wildman–Crippen MR) is 78.0 cm³/mol. The van der Waals surface area contributed by atoms with Gasteiger partial charge in [0, 0.05) is 5.88 Å². The normalized spacial score (nSPS) is 27.1. The van der Waals surface area contributed by atoms with E-state index in [9.17, 15) is 0 Å². The number of anilines is 1. The number of ether oxygens (including phenoxy) is 1. The van der Waals surface area contributed by atoms with E-state index in [2.05, 4.69) is 22.2 Å². The van der Waals surface area contributed by atoms with Crippen LogP contribution in [0.3, 0.4) is 0 Å². The van der Waals surface area contributed by atoms with E-state index in [0.717, 1.165) is 24.2 Å². The van der Waals surface area contributed by atoms with Gasteiger partial charge >= 0.3 is 0 Å². The molecule has 0 bridgehead atoms. The summed E-state index contributed by atoms with van der Waals surface area (Å²) < 4.78 is 5.24. The molecule has 1 aromatic rings. The zero-order valence-corrected chi connectivity index (χ0v) is 12.6. The molecule has 1 saturated carbocycles. The first-order valence-corrected chi connectivity index (χ1v) is 7.33. The molecular formula is C14H22ClN3O. The molecule has 2 unspecified atom stereocenters. The third kappa shape index (κ3) is 3.11. The summed E-state index contributed by atoms with van der Waals surface area (Å²) in [5, 5.41) is 3.55. The van der Waals surface area contributed by atoms with Gasteiger partial charge in [-0.3, -0.25) is 0 Å². The number of methoxy groups -OCH3 is 1. The number of alkyl halides is 1. The van der Waals surface area contributed by atoms with Crippen molar-refractivity contribution >= 4 is 17.4 Å². The molecule has 1 aromatic heterocycles. The van der Waals surface area contributed by atoms with Crippen LogP contribution in [0.15, 0.2) is 6.33 Å². The molecule has 1 N–H and O–H groups in total. The van der Waals surface area contributed by atoms with Crippen LogP contribution in [-0.2, 0) is 0 Å². The van der Waals surface area contributed by atoms with Gasteiger partial charge in [-0.05, 0) is 25.7 Å². The van der Waals surface area contributed by atoms with Crippen molar-refractivity contribution in [2.45, 2.75) is 45.1 Å². The summed E-state index contributed by atoms with van der Waals surface area (Å²) >= 11 is 6.24. The van der Waals surface area contributed by atoms with Gasteiger partial charge in [-0.15, -0.1) is 11.6 Å². The molecule has 1 aliphatic rings. The molecule has 4 nitrogen and oxygen atoms in total. The number of nitrogens with one attached hydrogen (secondary N) is 1. The number of rotatable bonds is 4. The molecule has 106 valence electrons. The minimum absolute atomic E-state index is 0.0522. The first kappa shape index (κ1) is 14.4. The topological polar surface area (TPSA) is 47.0 Å². The number of hydrogen-bond acceptors (Lipinski definition) is 4. The number of aromatic nitrogens is 2. The average molecular weight is 284 g/mol. The third-order valence-electron chi connectivity index (χ3n) is 3.96. The van der Waals surface area contributed by atoms with E-state index in [4.69, 9.17) is 16.3 Å². The van der Waals surface area contributed by atoms with Crippen LogP contribution in [0.4, 0.5) is 5.82 Å². The van der Waals surface area contributed by atoms with Crippen LogP contribution in [0, 0.1) is 12.8 Å². The van der Waals surface area contributed by atoms with Crippen molar-refractivity contribution in [3.63, 3.8) is 0 Å². The van der Waals surface area contributed by atoms with Gasteiger partial charge in [-0.2, -0.15) is 0 Å². The van der Waals surface area contributed by atoms with E-state index in [1.807, 2.05) is 6.92 Å². The molecule has 0 amide bonds. The zero-order valence-electron chi connectivity index (χ0n) is 11.9. The molecular weight excluding hydrogens is 262 g/mol. The van der Waals surface area contributed by atoms with Crippen LogP contribution in [0.25, 0.3) is 0 Å². The van der Waals surface area contributed by atoms with Crippen molar-refractivity contribution in [1.29, 1.82) is 0 Å². The van der Waals surface area contributed by atoms with E-state index in [1.165, 1.54) is 19.2 Å². The molecule has 0 radical (unpaired) electrons. The molecule has 1 fully saturated rings. The van der Waals surface area contributed by atoms with Crippen LogP contribution in [0.1, 0.15) is 38.2 Å². The molecule has 1 heterocycles. The Balaban J connectivity index is 2.23. The lowest BCUT2D eigenvalue weighted by Crippen LogP contribution is -2.44. The average Bonchev–Trinajstić information content (AvgIpc) is 2.41. The monoisotopic (exact) mass is 283 g/mol. The van der Waals surface area contributed by atoms with Crippen molar-refractivity contribution in [3.8, 4) is 5.88 Å². The maximum atomic E-state index is 6.24. The highest BCUT2D eigenvalue weighted by atomic mass is 35.5. The Kier molecular flexibility index (Phi) is 4.50. The first-order valence-electron chi connectivity index (χ1n) is 6.80. The van der Waals surface area contributed by atoms with Gasteiger partial charge in [-0.1, -0.05) is 19.8 Å². The van der Waals surface area contributed by atoms with Crippen LogP contribution in [0.5, 0.6) is 5.88 Å². The summed E-state index contributed by atoms with van der Waals surface area (Å²) in [6, 6.07) is 0. The largest absolute Gasteiger partial charge is 0.481 e. The Morgan fingerprint density at radius 2 is 2.32 bits per heavy atom. The molecule has 0 spiro atoms. The highest BCUT2D eigenvalue weighted by Gasteiger charge is 2.35. The van der Waals surface area contributed by atoms with Crippen LogP contribution in [0.2, 0.25) is 0 Å². The molecule has 2 rings (SSSR count). The Hall–Kier alpha value is -1.03. The minimum Gasteiger partial charge on any atom is -0.481 e. The lowest BCUT2D eigenvalue weighted by Gasteiger charge is -2.40. The molecule has 0 saturated heterocycles. The minimum atomic E-state index is -0.0522. The van der Waals surface area contributed by atoms with Gasteiger partial charge < -0.3 is 10.1 Å². The van der Waals surface area contributed by atoms with Crippen molar-refractivity contribution in [3.05, 3.63) is 11.9 Å². The third-order valence-corrected chi connectivity index (χ3v) is 4.47. The van der Waals surface area contributed by atoms with Gasteiger partial charge in [0.2, 0.25) is 5.88 Å². The standard InChI is InChI=1S/C14H22ClN3O/c1-10-5-4-6-14(7-10,8-15)18-12-11(2)13(19-3)17-9-16-12/h9-10H,4-8H2,1-3H3,(H,16,17,18). The number of halogens is 1. The highest BCUT2D eigenvalue weighted by Crippen LogP contribution is 2.36. The van der Waals surface area contributed by atoms with Crippen LogP contribution in [-0.4, -0.2) is 28.5 Å². The maximum Gasteiger partial charge on any atom is 0.221 e. The lowest BCUT2D eigenvalue weighted by atomic mass is 9.77. The maximum absolute atomic E-state index is 6.24. The first-order chi connectivity index (χ1) is 9.10. The molecule has 5 heteroatoms. The Morgan fingerprint density at radius 1 is 1.53 bits per heavy atom. The fourth-order valence-electron chi connectivity index (χ4n) is 2.95. The second-order valence-corrected chi connectivity index (χ2v) is 5.86. The second kappa shape index (κ2) is 5.95. The Bertz CT molecular complexity index is 441. The second-order valence-electron chi connectivity index (χ2n) is 5.60. The smallest absolute Gasteiger partial charge is 0.221 e. The van der Waals surface area contributed by atoms with E-state index in [1.54, 1.807) is 7.11 Å². The summed E-state index contributed by atoms with van der Waals surface area (Å²) in [5.74, 6) is 2.75. The Labute approximate surface area is 119 Å². The van der Waals surface area contributed by atoms with Gasteiger partial charge in [0.05, 0.1) is 18.2 Å². The molecule has 2 atom stereocenters. The fourth-order valence-corrected chi connectivity index (χ4v) is 3.25. The predicted octanol–water partition coefficient (Wildman–Crippen LogP) is 3.39. The van der Waals surface area contributed by atoms with Crippen molar-refractivity contribution in [2.24, 2.45) is 5.92 Å². The van der Waals surface area contributed by atoms with Crippen LogP contribution >= 0.6 is 11.6 Å². The van der Waals surface area contributed by atoms with Crippen molar-refractivity contribution < 1.29 is 4.74 Å². The summed E-state index contributed by atoms with van der Waals surface area (Å²) in [4.78, 5) is 8.45. The molecule has 0 aromatic carbocycles. The summed E-state index contributed by atoms with van der Waals surface area (Å²) in [6.45, 7) is 4.25. The van der Waals surface area contributed by atoms with Gasteiger partial charge in [0.15, 0.2) is 0 Å². The van der Waals surface area contributed by atoms with E-state index >= 15 is 0 Å². The van der Waals surface area contributed by atoms with Crippen molar-refractivity contribution in [2.75, 3.05) is 18.3 Å². The van der Waals surface area contributed by atoms with Gasteiger partial charge in [0.25, 0.3) is 0 Å². The van der Waals surface area contributed by atoms with E-state index in [0.29, 0.717) is 17.7 Å². The Morgan fingerprint density at radius 3 is 2.95 bits per heavy atom. The van der Waals surface area contributed by atoms with Crippen molar-refractivity contribution in [1.82, 2.24) is 9.97 Å². The zero-order chi connectivity index (χ0) is 13.9. The molecule has 1 aliphatic carbocycles. The molecule has 19 heavy (non-hydrogen) atoms. The van der Waals surface area contributed by atoms with E-state index < -0.39 is 0 Å². The lowest BCUT2D eigenvalue weighted by molar-refractivity contribution is 0.278. The number of hydrogen-bond donors (Lipinski definition) is 1.